The van der Waals surface area contributed by atoms with Crippen LogP contribution in [-0.4, -0.2) is 53.2 Å². The monoisotopic (exact) mass is 460 g/mol. The minimum atomic E-state index is -0.351. The number of hydrogen-bond donors (Lipinski definition) is 1. The Morgan fingerprint density at radius 2 is 1.84 bits per heavy atom. The van der Waals surface area contributed by atoms with E-state index in [0.29, 0.717) is 36.8 Å². The predicted molar refractivity (Wildman–Crippen MR) is 120 cm³/mol. The molecular weight excluding hydrogens is 432 g/mol. The molecule has 1 fully saturated rings. The van der Waals surface area contributed by atoms with Crippen molar-refractivity contribution in [1.82, 2.24) is 20.2 Å². The van der Waals surface area contributed by atoms with E-state index in [9.17, 15) is 9.59 Å². The normalized spacial score (nSPS) is 18.1. The van der Waals surface area contributed by atoms with E-state index < -0.39 is 0 Å². The summed E-state index contributed by atoms with van der Waals surface area (Å²) in [6.45, 7) is 1.36. The third kappa shape index (κ3) is 6.90. The highest BCUT2D eigenvalue weighted by atomic mass is 35.5. The molecule has 1 heterocycles. The summed E-state index contributed by atoms with van der Waals surface area (Å²) in [6.07, 6.45) is 5.55. The number of ether oxygens (including phenoxy) is 2. The number of hydrogen-bond acceptors (Lipinski definition) is 6. The zero-order chi connectivity index (χ0) is 22.8. The standard InChI is InChI=1S/C23H29ClN4O4/c1-31-14-13-28(23(30)32-16-17-5-3-2-4-6-17)19-9-7-18(8-10-19)22(29)27-15-20-21(24)26-12-11-25-20/h2-6,11-12,18-19H,7-10,13-16H2,1H3,(H,27,29). The average Bonchev–Trinajstić information content (AvgIpc) is 2.83. The van der Waals surface area contributed by atoms with E-state index in [1.807, 2.05) is 30.3 Å². The first kappa shape index (κ1) is 23.9. The van der Waals surface area contributed by atoms with Gasteiger partial charge in [-0.3, -0.25) is 9.78 Å². The Hall–Kier alpha value is -2.71. The molecule has 0 saturated heterocycles. The van der Waals surface area contributed by atoms with Crippen LogP contribution in [0.3, 0.4) is 0 Å². The molecule has 3 rings (SSSR count). The summed E-state index contributed by atoms with van der Waals surface area (Å²) in [5.74, 6) is -0.133. The smallest absolute Gasteiger partial charge is 0.410 e. The second-order valence-corrected chi connectivity index (χ2v) is 8.10. The molecule has 1 aliphatic carbocycles. The first-order valence-corrected chi connectivity index (χ1v) is 11.2. The number of nitrogens with one attached hydrogen (secondary N) is 1. The predicted octanol–water partition coefficient (Wildman–Crippen LogP) is 3.59. The summed E-state index contributed by atoms with van der Waals surface area (Å²) in [5.41, 5.74) is 1.49. The van der Waals surface area contributed by atoms with Crippen molar-refractivity contribution in [2.24, 2.45) is 5.92 Å². The molecule has 2 aromatic rings. The molecular formula is C23H29ClN4O4. The zero-order valence-electron chi connectivity index (χ0n) is 18.2. The minimum absolute atomic E-state index is 0.0203. The summed E-state index contributed by atoms with van der Waals surface area (Å²) in [6, 6.07) is 9.61. The average molecular weight is 461 g/mol. The quantitative estimate of drug-likeness (QED) is 0.614. The summed E-state index contributed by atoms with van der Waals surface area (Å²) >= 11 is 6.00. The van der Waals surface area contributed by atoms with Gasteiger partial charge in [0.2, 0.25) is 5.91 Å². The van der Waals surface area contributed by atoms with E-state index in [2.05, 4.69) is 15.3 Å². The van der Waals surface area contributed by atoms with E-state index in [-0.39, 0.29) is 37.1 Å². The Morgan fingerprint density at radius 3 is 2.53 bits per heavy atom. The van der Waals surface area contributed by atoms with Gasteiger partial charge in [-0.25, -0.2) is 9.78 Å². The van der Waals surface area contributed by atoms with Crippen molar-refractivity contribution < 1.29 is 19.1 Å². The van der Waals surface area contributed by atoms with E-state index in [4.69, 9.17) is 21.1 Å². The van der Waals surface area contributed by atoms with Gasteiger partial charge < -0.3 is 19.7 Å². The number of carbonyl (C=O) groups is 2. The first-order chi connectivity index (χ1) is 15.6. The van der Waals surface area contributed by atoms with Crippen molar-refractivity contribution in [1.29, 1.82) is 0 Å². The van der Waals surface area contributed by atoms with Gasteiger partial charge in [0.25, 0.3) is 0 Å². The van der Waals surface area contributed by atoms with Gasteiger partial charge >= 0.3 is 6.09 Å². The molecule has 8 nitrogen and oxygen atoms in total. The highest BCUT2D eigenvalue weighted by Crippen LogP contribution is 2.28. The molecule has 1 aliphatic rings. The molecule has 0 aliphatic heterocycles. The number of rotatable bonds is 9. The van der Waals surface area contributed by atoms with Crippen molar-refractivity contribution in [3.05, 3.63) is 59.1 Å². The fourth-order valence-corrected chi connectivity index (χ4v) is 4.02. The Labute approximate surface area is 193 Å². The number of carbonyl (C=O) groups excluding carboxylic acids is 2. The molecule has 32 heavy (non-hydrogen) atoms. The van der Waals surface area contributed by atoms with Gasteiger partial charge in [-0.15, -0.1) is 0 Å². The van der Waals surface area contributed by atoms with Crippen LogP contribution in [0.4, 0.5) is 4.79 Å². The number of nitrogens with zero attached hydrogens (tertiary/aromatic N) is 3. The van der Waals surface area contributed by atoms with Crippen molar-refractivity contribution in [2.75, 3.05) is 20.3 Å². The maximum Gasteiger partial charge on any atom is 0.410 e. The van der Waals surface area contributed by atoms with Gasteiger partial charge in [-0.05, 0) is 31.2 Å². The molecule has 1 N–H and O–H groups in total. The van der Waals surface area contributed by atoms with Crippen LogP contribution in [0.1, 0.15) is 36.9 Å². The van der Waals surface area contributed by atoms with Gasteiger partial charge in [0, 0.05) is 38.0 Å². The Balaban J connectivity index is 1.49. The number of methoxy groups -OCH3 is 1. The SMILES string of the molecule is COCCN(C(=O)OCc1ccccc1)C1CCC(C(=O)NCc2nccnc2Cl)CC1. The van der Waals surface area contributed by atoms with Crippen LogP contribution in [0.2, 0.25) is 5.15 Å². The lowest BCUT2D eigenvalue weighted by atomic mass is 9.85. The van der Waals surface area contributed by atoms with Crippen molar-refractivity contribution in [3.8, 4) is 0 Å². The van der Waals surface area contributed by atoms with E-state index >= 15 is 0 Å². The van der Waals surface area contributed by atoms with E-state index in [0.717, 1.165) is 18.4 Å². The fourth-order valence-electron chi connectivity index (χ4n) is 3.85. The third-order valence-corrected chi connectivity index (χ3v) is 5.95. The lowest BCUT2D eigenvalue weighted by Crippen LogP contribution is -2.45. The molecule has 2 amide bonds. The van der Waals surface area contributed by atoms with Crippen LogP contribution in [0.5, 0.6) is 0 Å². The molecule has 0 spiro atoms. The van der Waals surface area contributed by atoms with E-state index in [1.165, 1.54) is 6.20 Å². The van der Waals surface area contributed by atoms with Crippen LogP contribution in [-0.2, 0) is 27.4 Å². The van der Waals surface area contributed by atoms with Crippen LogP contribution >= 0.6 is 11.6 Å². The second kappa shape index (κ2) is 12.4. The maximum atomic E-state index is 12.8. The zero-order valence-corrected chi connectivity index (χ0v) is 19.0. The highest BCUT2D eigenvalue weighted by Gasteiger charge is 2.32. The number of amides is 2. The summed E-state index contributed by atoms with van der Waals surface area (Å²) in [4.78, 5) is 35.2. The number of aromatic nitrogens is 2. The fraction of sp³-hybridized carbons (Fsp3) is 0.478. The molecule has 0 unspecified atom stereocenters. The van der Waals surface area contributed by atoms with Gasteiger partial charge in [-0.1, -0.05) is 41.9 Å². The first-order valence-electron chi connectivity index (χ1n) is 10.8. The topological polar surface area (TPSA) is 93.6 Å². The largest absolute Gasteiger partial charge is 0.445 e. The van der Waals surface area contributed by atoms with Crippen LogP contribution in [0.25, 0.3) is 0 Å². The minimum Gasteiger partial charge on any atom is -0.445 e. The van der Waals surface area contributed by atoms with Crippen LogP contribution in [0.15, 0.2) is 42.7 Å². The molecule has 1 aromatic carbocycles. The van der Waals surface area contributed by atoms with Crippen molar-refractivity contribution in [3.63, 3.8) is 0 Å². The van der Waals surface area contributed by atoms with Crippen LogP contribution < -0.4 is 5.32 Å². The Kier molecular flexibility index (Phi) is 9.25. The molecule has 9 heteroatoms. The molecule has 172 valence electrons. The van der Waals surface area contributed by atoms with Gasteiger partial charge in [0.1, 0.15) is 6.61 Å². The second-order valence-electron chi connectivity index (χ2n) is 7.74. The Morgan fingerprint density at radius 1 is 1.12 bits per heavy atom. The molecule has 0 radical (unpaired) electrons. The lowest BCUT2D eigenvalue weighted by Gasteiger charge is -2.35. The Bertz CT molecular complexity index is 875. The van der Waals surface area contributed by atoms with Gasteiger partial charge in [0.15, 0.2) is 5.15 Å². The number of halogens is 1. The summed E-state index contributed by atoms with van der Waals surface area (Å²) in [5, 5.41) is 3.19. The molecule has 1 saturated carbocycles. The molecule has 0 atom stereocenters. The van der Waals surface area contributed by atoms with Crippen molar-refractivity contribution in [2.45, 2.75) is 44.9 Å². The highest BCUT2D eigenvalue weighted by molar-refractivity contribution is 6.29. The maximum absolute atomic E-state index is 12.8. The van der Waals surface area contributed by atoms with Crippen molar-refractivity contribution >= 4 is 23.6 Å². The lowest BCUT2D eigenvalue weighted by molar-refractivity contribution is -0.126. The summed E-state index contributed by atoms with van der Waals surface area (Å²) < 4.78 is 10.7. The molecule has 0 bridgehead atoms. The van der Waals surface area contributed by atoms with E-state index in [1.54, 1.807) is 18.2 Å². The van der Waals surface area contributed by atoms with Crippen LogP contribution in [0, 0.1) is 5.92 Å². The number of benzene rings is 1. The third-order valence-electron chi connectivity index (χ3n) is 5.64. The van der Waals surface area contributed by atoms with Gasteiger partial charge in [-0.2, -0.15) is 0 Å². The van der Waals surface area contributed by atoms with Gasteiger partial charge in [0.05, 0.1) is 18.8 Å². The summed E-state index contributed by atoms with van der Waals surface area (Å²) in [7, 11) is 1.61. The molecule has 1 aromatic heterocycles.